The lowest BCUT2D eigenvalue weighted by Crippen LogP contribution is -2.06. The van der Waals surface area contributed by atoms with E-state index in [2.05, 4.69) is 12.1 Å². The fourth-order valence-electron chi connectivity index (χ4n) is 13.3. The van der Waals surface area contributed by atoms with Gasteiger partial charge in [0.05, 0.1) is 33.3 Å². The number of hydrogen-bond acceptors (Lipinski definition) is 0. The zero-order valence-electron chi connectivity index (χ0n) is 43.3. The van der Waals surface area contributed by atoms with Crippen molar-refractivity contribution >= 4 is 86.4 Å². The molecule has 0 aliphatic heterocycles. The highest BCUT2D eigenvalue weighted by Gasteiger charge is 2.39. The molecular weight excluding hydrogens is 1090 g/mol. The van der Waals surface area contributed by atoms with E-state index < -0.39 is 52.9 Å². The number of rotatable bonds is 4. The molecule has 15 rings (SSSR count). The van der Waals surface area contributed by atoms with Crippen LogP contribution in [0.4, 0.5) is 52.7 Å². The Morgan fingerprint density at radius 2 is 0.643 bits per heavy atom. The Balaban J connectivity index is 1.11. The summed E-state index contributed by atoms with van der Waals surface area (Å²) in [5.74, 6) is -0.834. The molecule has 0 fully saturated rings. The van der Waals surface area contributed by atoms with Crippen molar-refractivity contribution in [3.63, 3.8) is 0 Å². The second kappa shape index (κ2) is 17.9. The van der Waals surface area contributed by atoms with E-state index in [1.165, 1.54) is 24.3 Å². The van der Waals surface area contributed by atoms with Crippen LogP contribution in [0, 0.1) is 0 Å². The normalized spacial score (nSPS) is 13.4. The smallest absolute Gasteiger partial charge is 0.309 e. The Morgan fingerprint density at radius 3 is 1.10 bits per heavy atom. The first-order valence-corrected chi connectivity index (χ1v) is 26.7. The largest absolute Gasteiger partial charge is 0.416 e. The molecule has 0 N–H and O–H groups in total. The number of aromatic nitrogens is 1. The summed E-state index contributed by atoms with van der Waals surface area (Å²) in [5.41, 5.74) is 1.19. The lowest BCUT2D eigenvalue weighted by molar-refractivity contribution is -0.138. The molecule has 1 aliphatic rings. The minimum absolute atomic E-state index is 0.0282. The van der Waals surface area contributed by atoms with Crippen LogP contribution in [0.2, 0.25) is 0 Å². The molecule has 1 aliphatic carbocycles. The highest BCUT2D eigenvalue weighted by atomic mass is 19.4. The zero-order chi connectivity index (χ0) is 57.9. The molecule has 0 atom stereocenters. The van der Waals surface area contributed by atoms with Gasteiger partial charge in [0.15, 0.2) is 0 Å². The van der Waals surface area contributed by atoms with E-state index in [0.717, 1.165) is 103 Å². The Hall–Kier alpha value is -9.62. The standard InChI is InChI=1S/C71H37F12N/c72-68(73,74)40-18-24-51-55(32-40)56-33-41(69(75,76)77)19-25-52(56)65(51)39-17-23-53-61(31-39)66(59-29-37-9-1-3-11-45(37)47-13-5-7-15-49(47)59)54-26-22-44(36-62(54)67(53)60-30-38-10-2-4-12-46(38)48-14-6-8-16-50(48)60)84-63-27-20-42(70(78,79)80)34-57(63)58-35-43(71(81,82)83)21-28-64(58)84/h1-36,65H. The van der Waals surface area contributed by atoms with E-state index in [1.54, 1.807) is 10.6 Å². The molecule has 1 aromatic heterocycles. The lowest BCUT2D eigenvalue weighted by Gasteiger charge is -2.23. The summed E-state index contributed by atoms with van der Waals surface area (Å²) in [6.07, 6.45) is -19.2. The summed E-state index contributed by atoms with van der Waals surface area (Å²) in [7, 11) is 0. The summed E-state index contributed by atoms with van der Waals surface area (Å²) in [6.45, 7) is 0. The van der Waals surface area contributed by atoms with Crippen LogP contribution in [0.3, 0.4) is 0 Å². The molecule has 0 bridgehead atoms. The van der Waals surface area contributed by atoms with Crippen molar-refractivity contribution in [2.45, 2.75) is 30.6 Å². The number of benzene rings is 13. The van der Waals surface area contributed by atoms with E-state index in [-0.39, 0.29) is 32.9 Å². The van der Waals surface area contributed by atoms with Gasteiger partial charge in [-0.1, -0.05) is 127 Å². The predicted octanol–water partition coefficient (Wildman–Crippen LogP) is 22.3. The van der Waals surface area contributed by atoms with Gasteiger partial charge >= 0.3 is 24.7 Å². The molecule has 13 heteroatoms. The van der Waals surface area contributed by atoms with Crippen LogP contribution < -0.4 is 0 Å². The quantitative estimate of drug-likeness (QED) is 0.0940. The molecule has 0 saturated heterocycles. The molecule has 84 heavy (non-hydrogen) atoms. The molecule has 0 spiro atoms. The maximum atomic E-state index is 14.5. The Bertz CT molecular complexity index is 5020. The van der Waals surface area contributed by atoms with Crippen LogP contribution in [0.25, 0.3) is 126 Å². The summed E-state index contributed by atoms with van der Waals surface area (Å²) >= 11 is 0. The monoisotopic (exact) mass is 1130 g/mol. The Labute approximate surface area is 468 Å². The number of hydrogen-bond donors (Lipinski definition) is 0. The van der Waals surface area contributed by atoms with Gasteiger partial charge in [0.25, 0.3) is 0 Å². The molecule has 0 saturated carbocycles. The van der Waals surface area contributed by atoms with Crippen molar-refractivity contribution in [1.29, 1.82) is 0 Å². The summed E-state index contributed by atoms with van der Waals surface area (Å²) < 4.78 is 176. The first-order chi connectivity index (χ1) is 40.2. The number of halogens is 12. The fraction of sp³-hybridized carbons (Fsp3) is 0.0704. The third-order valence-electron chi connectivity index (χ3n) is 16.9. The predicted molar refractivity (Wildman–Crippen MR) is 310 cm³/mol. The summed E-state index contributed by atoms with van der Waals surface area (Å²) in [4.78, 5) is 0. The van der Waals surface area contributed by atoms with E-state index in [0.29, 0.717) is 55.0 Å². The first-order valence-electron chi connectivity index (χ1n) is 26.7. The van der Waals surface area contributed by atoms with Crippen LogP contribution in [0.1, 0.15) is 44.9 Å². The van der Waals surface area contributed by atoms with Gasteiger partial charge in [-0.3, -0.25) is 0 Å². The molecule has 0 amide bonds. The number of nitrogens with zero attached hydrogens (tertiary/aromatic N) is 1. The Morgan fingerprint density at radius 1 is 0.262 bits per heavy atom. The maximum Gasteiger partial charge on any atom is 0.416 e. The number of fused-ring (bicyclic) bond motifs is 14. The van der Waals surface area contributed by atoms with Crippen LogP contribution in [-0.2, 0) is 24.7 Å². The average molecular weight is 1130 g/mol. The molecule has 14 aromatic rings. The van der Waals surface area contributed by atoms with Crippen LogP contribution in [0.5, 0.6) is 0 Å². The molecular formula is C71H37F12N. The first kappa shape index (κ1) is 51.3. The van der Waals surface area contributed by atoms with Gasteiger partial charge in [-0.05, 0) is 206 Å². The van der Waals surface area contributed by atoms with E-state index in [4.69, 9.17) is 0 Å². The van der Waals surface area contributed by atoms with Gasteiger partial charge in [0.2, 0.25) is 0 Å². The second-order valence-electron chi connectivity index (χ2n) is 21.5. The van der Waals surface area contributed by atoms with Gasteiger partial charge < -0.3 is 4.57 Å². The van der Waals surface area contributed by atoms with Crippen molar-refractivity contribution in [1.82, 2.24) is 4.57 Å². The summed E-state index contributed by atoms with van der Waals surface area (Å²) in [6, 6.07) is 59.8. The average Bonchev–Trinajstić information content (AvgIpc) is 2.55. The van der Waals surface area contributed by atoms with Gasteiger partial charge in [0, 0.05) is 22.4 Å². The van der Waals surface area contributed by atoms with Crippen molar-refractivity contribution in [2.24, 2.45) is 0 Å². The van der Waals surface area contributed by atoms with Crippen molar-refractivity contribution in [3.8, 4) is 39.1 Å². The SMILES string of the molecule is FC(F)(F)c1ccc2c(c1)-c1cc(C(F)(F)F)ccc1C2c1ccc2c(-c3cc4ccccc4c4ccccc34)c3cc(-n4c5ccc(C(F)(F)F)cc5c5cc(C(F)(F)F)ccc54)ccc3c(-c3cc4ccccc4c4ccccc34)c2c1. The second-order valence-corrected chi connectivity index (χ2v) is 21.5. The van der Waals surface area contributed by atoms with Crippen molar-refractivity contribution in [2.75, 3.05) is 0 Å². The van der Waals surface area contributed by atoms with E-state index in [9.17, 15) is 52.7 Å². The van der Waals surface area contributed by atoms with Crippen molar-refractivity contribution in [3.05, 3.63) is 257 Å². The Kier molecular flexibility index (Phi) is 11.0. The van der Waals surface area contributed by atoms with Gasteiger partial charge in [-0.25, -0.2) is 0 Å². The minimum atomic E-state index is -4.81. The van der Waals surface area contributed by atoms with Gasteiger partial charge in [0.1, 0.15) is 0 Å². The molecule has 1 heterocycles. The van der Waals surface area contributed by atoms with Crippen LogP contribution in [0.15, 0.2) is 218 Å². The zero-order valence-corrected chi connectivity index (χ0v) is 43.3. The maximum absolute atomic E-state index is 14.5. The van der Waals surface area contributed by atoms with Gasteiger partial charge in [-0.15, -0.1) is 0 Å². The third kappa shape index (κ3) is 7.88. The minimum Gasteiger partial charge on any atom is -0.309 e. The lowest BCUT2D eigenvalue weighted by atomic mass is 9.80. The fourth-order valence-corrected chi connectivity index (χ4v) is 13.3. The van der Waals surface area contributed by atoms with Gasteiger partial charge in [-0.2, -0.15) is 52.7 Å². The van der Waals surface area contributed by atoms with Crippen molar-refractivity contribution < 1.29 is 52.7 Å². The third-order valence-corrected chi connectivity index (χ3v) is 16.9. The van der Waals surface area contributed by atoms with E-state index >= 15 is 0 Å². The molecule has 0 radical (unpaired) electrons. The van der Waals surface area contributed by atoms with E-state index in [1.807, 2.05) is 127 Å². The highest BCUT2D eigenvalue weighted by Crippen LogP contribution is 2.55. The topological polar surface area (TPSA) is 4.93 Å². The number of alkyl halides is 12. The molecule has 410 valence electrons. The molecule has 13 aromatic carbocycles. The summed E-state index contributed by atoms with van der Waals surface area (Å²) in [5, 5.41) is 9.92. The molecule has 0 unspecified atom stereocenters. The molecule has 1 nitrogen and oxygen atoms in total. The van der Waals surface area contributed by atoms with Crippen LogP contribution >= 0.6 is 0 Å². The highest BCUT2D eigenvalue weighted by molar-refractivity contribution is 6.29. The van der Waals surface area contributed by atoms with Crippen LogP contribution in [-0.4, -0.2) is 4.57 Å².